The summed E-state index contributed by atoms with van der Waals surface area (Å²) in [5.41, 5.74) is 4.27. The highest BCUT2D eigenvalue weighted by Gasteiger charge is 2.32. The second-order valence-corrected chi connectivity index (χ2v) is 7.27. The van der Waals surface area contributed by atoms with Crippen molar-refractivity contribution in [1.29, 1.82) is 0 Å². The number of hydrogen-bond acceptors (Lipinski definition) is 3. The molecule has 4 nitrogen and oxygen atoms in total. The van der Waals surface area contributed by atoms with E-state index in [4.69, 9.17) is 0 Å². The highest BCUT2D eigenvalue weighted by atomic mass is 79.9. The van der Waals surface area contributed by atoms with Crippen LogP contribution in [0.15, 0.2) is 58.1 Å². The van der Waals surface area contributed by atoms with Gasteiger partial charge in [-0.05, 0) is 35.4 Å². The molecule has 0 N–H and O–H groups in total. The summed E-state index contributed by atoms with van der Waals surface area (Å²) in [6.45, 7) is 1.88. The third-order valence-corrected chi connectivity index (χ3v) is 4.97. The van der Waals surface area contributed by atoms with Gasteiger partial charge in [-0.25, -0.2) is 5.01 Å². The third kappa shape index (κ3) is 3.76. The molecule has 1 aliphatic heterocycles. The molecule has 5 heteroatoms. The number of hydrogen-bond donors (Lipinski definition) is 0. The lowest BCUT2D eigenvalue weighted by Crippen LogP contribution is -2.26. The Morgan fingerprint density at radius 1 is 1.16 bits per heavy atom. The summed E-state index contributed by atoms with van der Waals surface area (Å²) < 4.78 is 1.03. The Kier molecular flexibility index (Phi) is 5.23. The predicted molar refractivity (Wildman–Crippen MR) is 106 cm³/mol. The van der Waals surface area contributed by atoms with Gasteiger partial charge in [-0.1, -0.05) is 47.1 Å². The van der Waals surface area contributed by atoms with Crippen molar-refractivity contribution in [3.8, 4) is 0 Å². The van der Waals surface area contributed by atoms with Crippen LogP contribution in [0.5, 0.6) is 0 Å². The summed E-state index contributed by atoms with van der Waals surface area (Å²) in [5, 5.41) is 6.30. The summed E-state index contributed by atoms with van der Waals surface area (Å²) >= 11 is 3.46. The lowest BCUT2D eigenvalue weighted by Gasteiger charge is -2.22. The third-order valence-electron chi connectivity index (χ3n) is 4.44. The Morgan fingerprint density at radius 2 is 1.80 bits per heavy atom. The summed E-state index contributed by atoms with van der Waals surface area (Å²) in [7, 11) is 4.04. The van der Waals surface area contributed by atoms with E-state index in [1.807, 2.05) is 45.3 Å². The molecule has 1 heterocycles. The second kappa shape index (κ2) is 7.40. The molecule has 0 radical (unpaired) electrons. The lowest BCUT2D eigenvalue weighted by molar-refractivity contribution is -0.132. The van der Waals surface area contributed by atoms with Crippen molar-refractivity contribution >= 4 is 33.2 Å². The molecule has 0 spiro atoms. The first-order valence-corrected chi connectivity index (χ1v) is 9.21. The van der Waals surface area contributed by atoms with Crippen LogP contribution in [0.25, 0.3) is 0 Å². The first-order chi connectivity index (χ1) is 12.0. The van der Waals surface area contributed by atoms with Crippen molar-refractivity contribution in [3.05, 3.63) is 64.1 Å². The van der Waals surface area contributed by atoms with E-state index < -0.39 is 0 Å². The van der Waals surface area contributed by atoms with Crippen LogP contribution in [0.3, 0.4) is 0 Å². The molecule has 1 aliphatic rings. The number of carbonyl (C=O) groups is 1. The molecule has 2 aromatic carbocycles. The molecule has 0 fully saturated rings. The maximum Gasteiger partial charge on any atom is 0.242 e. The van der Waals surface area contributed by atoms with Crippen LogP contribution < -0.4 is 4.90 Å². The molecule has 130 valence electrons. The average Bonchev–Trinajstić information content (AvgIpc) is 3.07. The van der Waals surface area contributed by atoms with Gasteiger partial charge in [-0.15, -0.1) is 0 Å². The summed E-state index contributed by atoms with van der Waals surface area (Å²) in [4.78, 5) is 14.5. The van der Waals surface area contributed by atoms with Gasteiger partial charge in [0.05, 0.1) is 11.8 Å². The fraction of sp³-hybridized carbons (Fsp3) is 0.300. The Hall–Kier alpha value is -2.14. The van der Waals surface area contributed by atoms with E-state index in [-0.39, 0.29) is 11.9 Å². The Bertz CT molecular complexity index is 782. The van der Waals surface area contributed by atoms with Crippen LogP contribution in [0.4, 0.5) is 5.69 Å². The van der Waals surface area contributed by atoms with E-state index in [0.717, 1.165) is 33.4 Å². The first kappa shape index (κ1) is 17.7. The number of rotatable bonds is 4. The summed E-state index contributed by atoms with van der Waals surface area (Å²) in [6.07, 6.45) is 1.18. The summed E-state index contributed by atoms with van der Waals surface area (Å²) in [6, 6.07) is 16.4. The quantitative estimate of drug-likeness (QED) is 0.752. The van der Waals surface area contributed by atoms with Crippen molar-refractivity contribution < 1.29 is 4.79 Å². The van der Waals surface area contributed by atoms with Crippen LogP contribution in [-0.4, -0.2) is 30.7 Å². The van der Waals surface area contributed by atoms with Crippen molar-refractivity contribution in [1.82, 2.24) is 5.01 Å². The minimum atomic E-state index is -0.0395. The summed E-state index contributed by atoms with van der Waals surface area (Å²) in [5.74, 6) is 0.0498. The van der Waals surface area contributed by atoms with Crippen molar-refractivity contribution in [2.45, 2.75) is 25.8 Å². The minimum Gasteiger partial charge on any atom is -0.378 e. The Labute approximate surface area is 157 Å². The molecule has 0 aliphatic carbocycles. The number of hydrazone groups is 1. The average molecular weight is 400 g/mol. The maximum atomic E-state index is 12.4. The second-order valence-electron chi connectivity index (χ2n) is 6.35. The molecular formula is C20H22BrN3O. The van der Waals surface area contributed by atoms with Gasteiger partial charge in [0.15, 0.2) is 0 Å². The number of amides is 1. The highest BCUT2D eigenvalue weighted by molar-refractivity contribution is 9.10. The van der Waals surface area contributed by atoms with Gasteiger partial charge < -0.3 is 4.90 Å². The molecule has 0 aromatic heterocycles. The van der Waals surface area contributed by atoms with Crippen LogP contribution in [0, 0.1) is 0 Å². The van der Waals surface area contributed by atoms with Gasteiger partial charge in [0.1, 0.15) is 0 Å². The van der Waals surface area contributed by atoms with Crippen molar-refractivity contribution in [2.24, 2.45) is 5.10 Å². The van der Waals surface area contributed by atoms with E-state index >= 15 is 0 Å². The fourth-order valence-corrected chi connectivity index (χ4v) is 3.24. The highest BCUT2D eigenvalue weighted by Crippen LogP contribution is 2.34. The van der Waals surface area contributed by atoms with Gasteiger partial charge in [-0.3, -0.25) is 4.79 Å². The smallest absolute Gasteiger partial charge is 0.242 e. The zero-order valence-corrected chi connectivity index (χ0v) is 16.3. The largest absolute Gasteiger partial charge is 0.378 e. The monoisotopic (exact) mass is 399 g/mol. The number of nitrogens with zero attached hydrogens (tertiary/aromatic N) is 3. The molecule has 0 saturated carbocycles. The topological polar surface area (TPSA) is 35.9 Å². The van der Waals surface area contributed by atoms with Crippen LogP contribution in [-0.2, 0) is 4.79 Å². The lowest BCUT2D eigenvalue weighted by atomic mass is 9.98. The number of benzene rings is 2. The van der Waals surface area contributed by atoms with Crippen LogP contribution in [0.2, 0.25) is 0 Å². The molecular weight excluding hydrogens is 378 g/mol. The fourth-order valence-electron chi connectivity index (χ4n) is 2.97. The van der Waals surface area contributed by atoms with E-state index in [1.165, 1.54) is 0 Å². The van der Waals surface area contributed by atoms with E-state index in [2.05, 4.69) is 50.2 Å². The zero-order valence-electron chi connectivity index (χ0n) is 14.7. The normalized spacial score (nSPS) is 16.7. The maximum absolute atomic E-state index is 12.4. The number of anilines is 1. The van der Waals surface area contributed by atoms with Crippen molar-refractivity contribution in [2.75, 3.05) is 19.0 Å². The number of carbonyl (C=O) groups excluding carboxylic acids is 1. The van der Waals surface area contributed by atoms with Gasteiger partial charge in [0, 0.05) is 37.1 Å². The van der Waals surface area contributed by atoms with Crippen LogP contribution >= 0.6 is 15.9 Å². The zero-order chi connectivity index (χ0) is 18.0. The Balaban J connectivity index is 1.91. The Morgan fingerprint density at radius 3 is 2.36 bits per heavy atom. The van der Waals surface area contributed by atoms with Gasteiger partial charge in [0.2, 0.25) is 5.91 Å². The van der Waals surface area contributed by atoms with Gasteiger partial charge in [0.25, 0.3) is 0 Å². The molecule has 2 aromatic rings. The molecule has 0 bridgehead atoms. The molecule has 1 atom stereocenters. The van der Waals surface area contributed by atoms with Gasteiger partial charge >= 0.3 is 0 Å². The standard InChI is InChI=1S/C20H22BrN3O/c1-4-20(25)24-19(15-7-11-17(12-8-15)23(2)3)13-18(22-24)14-5-9-16(21)10-6-14/h5-12,19H,4,13H2,1-3H3/t19-/m1/s1. The van der Waals surface area contributed by atoms with E-state index in [1.54, 1.807) is 5.01 Å². The molecule has 3 rings (SSSR count). The number of halogens is 1. The SMILES string of the molecule is CCC(=O)N1N=C(c2ccc(Br)cc2)C[C@@H]1c1ccc(N(C)C)cc1. The van der Waals surface area contributed by atoms with Crippen molar-refractivity contribution in [3.63, 3.8) is 0 Å². The minimum absolute atomic E-state index is 0.0395. The molecule has 1 amide bonds. The molecule has 0 saturated heterocycles. The van der Waals surface area contributed by atoms with E-state index in [0.29, 0.717) is 6.42 Å². The van der Waals surface area contributed by atoms with E-state index in [9.17, 15) is 4.79 Å². The molecule has 25 heavy (non-hydrogen) atoms. The van der Waals surface area contributed by atoms with Crippen LogP contribution in [0.1, 0.15) is 36.9 Å². The van der Waals surface area contributed by atoms with Gasteiger partial charge in [-0.2, -0.15) is 5.10 Å². The first-order valence-electron chi connectivity index (χ1n) is 8.42. The molecule has 0 unspecified atom stereocenters. The predicted octanol–water partition coefficient (Wildman–Crippen LogP) is 4.60.